The zero-order valence-corrected chi connectivity index (χ0v) is 10.5. The maximum absolute atomic E-state index is 13.1. The van der Waals surface area contributed by atoms with Crippen molar-refractivity contribution < 1.29 is 9.18 Å². The monoisotopic (exact) mass is 249 g/mol. The fraction of sp³-hybridized carbons (Fsp3) is 0.385. The van der Waals surface area contributed by atoms with Crippen molar-refractivity contribution in [3.05, 3.63) is 35.1 Å². The van der Waals surface area contributed by atoms with Gasteiger partial charge >= 0.3 is 0 Å². The highest BCUT2D eigenvalue weighted by molar-refractivity contribution is 6.00. The molecule has 3 N–H and O–H groups in total. The van der Waals surface area contributed by atoms with Gasteiger partial charge in [0.15, 0.2) is 0 Å². The van der Waals surface area contributed by atoms with E-state index in [1.54, 1.807) is 24.8 Å². The number of nitrogens with two attached hydrogens (primary N) is 1. The average molecular weight is 249 g/mol. The fourth-order valence-corrected chi connectivity index (χ4v) is 2.05. The smallest absolute Gasteiger partial charge is 0.224 e. The van der Waals surface area contributed by atoms with E-state index in [9.17, 15) is 9.18 Å². The number of carbonyl (C=O) groups excluding carboxylic acids is 1. The molecule has 0 bridgehead atoms. The summed E-state index contributed by atoms with van der Waals surface area (Å²) in [5.74, 6) is -0.509. The molecule has 0 aliphatic carbocycles. The van der Waals surface area contributed by atoms with E-state index in [-0.39, 0.29) is 11.7 Å². The second kappa shape index (κ2) is 4.08. The Morgan fingerprint density at radius 3 is 2.83 bits per heavy atom. The zero-order valence-electron chi connectivity index (χ0n) is 10.5. The molecule has 96 valence electrons. The molecule has 5 heteroatoms. The minimum atomic E-state index is -0.715. The van der Waals surface area contributed by atoms with E-state index in [0.29, 0.717) is 18.7 Å². The molecule has 2 rings (SSSR count). The number of nitrogens with one attached hydrogen (secondary N) is 1. The molecule has 1 aliphatic heterocycles. The lowest BCUT2D eigenvalue weighted by Crippen LogP contribution is -2.42. The van der Waals surface area contributed by atoms with Crippen LogP contribution in [0.2, 0.25) is 0 Å². The zero-order chi connectivity index (χ0) is 13.5. The van der Waals surface area contributed by atoms with Gasteiger partial charge in [-0.1, -0.05) is 6.07 Å². The van der Waals surface area contributed by atoms with Crippen LogP contribution in [0, 0.1) is 16.6 Å². The lowest BCUT2D eigenvalue weighted by Gasteiger charge is -2.28. The molecule has 18 heavy (non-hydrogen) atoms. The van der Waals surface area contributed by atoms with Crippen molar-refractivity contribution in [1.82, 2.24) is 4.90 Å². The largest absolute Gasteiger partial charge is 0.369 e. The van der Waals surface area contributed by atoms with Crippen LogP contribution in [0.1, 0.15) is 25.0 Å². The van der Waals surface area contributed by atoms with Gasteiger partial charge < -0.3 is 10.6 Å². The molecule has 1 aromatic rings. The molecule has 1 amide bonds. The third kappa shape index (κ3) is 2.08. The molecular weight excluding hydrogens is 233 g/mol. The van der Waals surface area contributed by atoms with E-state index < -0.39 is 11.3 Å². The van der Waals surface area contributed by atoms with Crippen molar-refractivity contribution in [2.75, 3.05) is 6.54 Å². The first-order valence-corrected chi connectivity index (χ1v) is 5.73. The SMILES string of the molecule is CC(C)(CN1Cc2ccc(F)cc2C1=N)C(N)=O. The Morgan fingerprint density at radius 2 is 2.22 bits per heavy atom. The second-order valence-corrected chi connectivity index (χ2v) is 5.25. The predicted octanol–water partition coefficient (Wildman–Crippen LogP) is 1.48. The van der Waals surface area contributed by atoms with Crippen molar-refractivity contribution in [2.24, 2.45) is 11.1 Å². The average Bonchev–Trinajstić information content (AvgIpc) is 2.56. The Bertz CT molecular complexity index is 525. The first-order chi connectivity index (χ1) is 8.31. The van der Waals surface area contributed by atoms with Crippen LogP contribution in [0.15, 0.2) is 18.2 Å². The van der Waals surface area contributed by atoms with E-state index in [4.69, 9.17) is 11.1 Å². The van der Waals surface area contributed by atoms with E-state index in [0.717, 1.165) is 5.56 Å². The number of amides is 1. The molecule has 0 fully saturated rings. The van der Waals surface area contributed by atoms with Crippen LogP contribution in [0.3, 0.4) is 0 Å². The van der Waals surface area contributed by atoms with Crippen LogP contribution < -0.4 is 5.73 Å². The summed E-state index contributed by atoms with van der Waals surface area (Å²) in [7, 11) is 0. The lowest BCUT2D eigenvalue weighted by atomic mass is 9.92. The highest BCUT2D eigenvalue weighted by Gasteiger charge is 2.33. The maximum Gasteiger partial charge on any atom is 0.224 e. The fourth-order valence-electron chi connectivity index (χ4n) is 2.05. The number of primary amides is 1. The van der Waals surface area contributed by atoms with Crippen molar-refractivity contribution in [2.45, 2.75) is 20.4 Å². The third-order valence-corrected chi connectivity index (χ3v) is 3.26. The molecule has 0 radical (unpaired) electrons. The van der Waals surface area contributed by atoms with Crippen molar-refractivity contribution in [3.8, 4) is 0 Å². The standard InChI is InChI=1S/C13H16FN3O/c1-13(2,12(16)18)7-17-6-8-3-4-9(14)5-10(8)11(17)15/h3-5,15H,6-7H2,1-2H3,(H2,16,18). The van der Waals surface area contributed by atoms with Gasteiger partial charge in [0.05, 0.1) is 5.41 Å². The third-order valence-electron chi connectivity index (χ3n) is 3.26. The van der Waals surface area contributed by atoms with Gasteiger partial charge in [-0.25, -0.2) is 4.39 Å². The van der Waals surface area contributed by atoms with E-state index >= 15 is 0 Å². The molecule has 0 aromatic heterocycles. The summed E-state index contributed by atoms with van der Waals surface area (Å²) in [6.45, 7) is 4.36. The highest BCUT2D eigenvalue weighted by Crippen LogP contribution is 2.27. The van der Waals surface area contributed by atoms with Gasteiger partial charge in [0, 0.05) is 18.7 Å². The number of fused-ring (bicyclic) bond motifs is 1. The molecular formula is C13H16FN3O. The van der Waals surface area contributed by atoms with E-state index in [1.807, 2.05) is 0 Å². The topological polar surface area (TPSA) is 70.2 Å². The summed E-state index contributed by atoms with van der Waals surface area (Å²) in [5.41, 5.74) is 6.11. The van der Waals surface area contributed by atoms with E-state index in [1.165, 1.54) is 12.1 Å². The molecule has 1 heterocycles. The van der Waals surface area contributed by atoms with Gasteiger partial charge in [-0.15, -0.1) is 0 Å². The molecule has 0 atom stereocenters. The molecule has 0 saturated carbocycles. The summed E-state index contributed by atoms with van der Waals surface area (Å²) in [6, 6.07) is 4.42. The first-order valence-electron chi connectivity index (χ1n) is 5.73. The van der Waals surface area contributed by atoms with E-state index in [2.05, 4.69) is 0 Å². The van der Waals surface area contributed by atoms with Gasteiger partial charge in [0.2, 0.25) is 5.91 Å². The predicted molar refractivity (Wildman–Crippen MR) is 66.6 cm³/mol. The number of hydrogen-bond acceptors (Lipinski definition) is 2. The lowest BCUT2D eigenvalue weighted by molar-refractivity contribution is -0.126. The van der Waals surface area contributed by atoms with Gasteiger partial charge in [-0.3, -0.25) is 10.2 Å². The van der Waals surface area contributed by atoms with Gasteiger partial charge in [-0.05, 0) is 31.5 Å². The summed E-state index contributed by atoms with van der Waals surface area (Å²) < 4.78 is 13.1. The molecule has 0 unspecified atom stereocenters. The van der Waals surface area contributed by atoms with Crippen molar-refractivity contribution >= 4 is 11.7 Å². The van der Waals surface area contributed by atoms with Gasteiger partial charge in [-0.2, -0.15) is 0 Å². The molecule has 1 aromatic carbocycles. The molecule has 0 saturated heterocycles. The molecule has 0 spiro atoms. The number of carbonyl (C=O) groups is 1. The Hall–Kier alpha value is -1.91. The number of nitrogens with zero attached hydrogens (tertiary/aromatic N) is 1. The number of halogens is 1. The number of benzene rings is 1. The normalized spacial score (nSPS) is 14.8. The summed E-state index contributed by atoms with van der Waals surface area (Å²) in [4.78, 5) is 13.1. The Labute approximate surface area is 105 Å². The van der Waals surface area contributed by atoms with Gasteiger partial charge in [0.1, 0.15) is 11.7 Å². The van der Waals surface area contributed by atoms with Crippen molar-refractivity contribution in [3.63, 3.8) is 0 Å². The maximum atomic E-state index is 13.1. The minimum absolute atomic E-state index is 0.249. The van der Waals surface area contributed by atoms with Crippen LogP contribution in [-0.4, -0.2) is 23.2 Å². The number of amidine groups is 1. The Morgan fingerprint density at radius 1 is 1.56 bits per heavy atom. The minimum Gasteiger partial charge on any atom is -0.369 e. The summed E-state index contributed by atoms with van der Waals surface area (Å²) in [5, 5.41) is 8.01. The van der Waals surface area contributed by atoms with Crippen LogP contribution in [0.4, 0.5) is 4.39 Å². The van der Waals surface area contributed by atoms with Crippen LogP contribution >= 0.6 is 0 Å². The van der Waals surface area contributed by atoms with Crippen LogP contribution in [-0.2, 0) is 11.3 Å². The number of rotatable bonds is 3. The van der Waals surface area contributed by atoms with Crippen LogP contribution in [0.25, 0.3) is 0 Å². The van der Waals surface area contributed by atoms with Gasteiger partial charge in [0.25, 0.3) is 0 Å². The summed E-state index contributed by atoms with van der Waals surface area (Å²) >= 11 is 0. The Balaban J connectivity index is 2.22. The Kier molecular flexibility index (Phi) is 2.84. The first kappa shape index (κ1) is 12.5. The highest BCUT2D eigenvalue weighted by atomic mass is 19.1. The second-order valence-electron chi connectivity index (χ2n) is 5.25. The van der Waals surface area contributed by atoms with Crippen LogP contribution in [0.5, 0.6) is 0 Å². The number of hydrogen-bond donors (Lipinski definition) is 2. The quantitative estimate of drug-likeness (QED) is 0.851. The summed E-state index contributed by atoms with van der Waals surface area (Å²) in [6.07, 6.45) is 0. The molecule has 1 aliphatic rings. The molecule has 4 nitrogen and oxygen atoms in total. The van der Waals surface area contributed by atoms with Crippen molar-refractivity contribution in [1.29, 1.82) is 5.41 Å².